The minimum atomic E-state index is 0.411. The van der Waals surface area contributed by atoms with Gasteiger partial charge in [-0.15, -0.1) is 0 Å². The van der Waals surface area contributed by atoms with Crippen LogP contribution in [0.2, 0.25) is 0 Å². The summed E-state index contributed by atoms with van der Waals surface area (Å²) in [6, 6.07) is 9.44. The zero-order valence-electron chi connectivity index (χ0n) is 13.3. The molecule has 0 atom stereocenters. The largest absolute Gasteiger partial charge is 0.462 e. The van der Waals surface area contributed by atoms with Crippen LogP contribution in [0, 0.1) is 6.92 Å². The molecule has 0 radical (unpaired) electrons. The molecule has 0 amide bonds. The molecule has 0 saturated heterocycles. The van der Waals surface area contributed by atoms with Gasteiger partial charge in [-0.3, -0.25) is 0 Å². The van der Waals surface area contributed by atoms with Gasteiger partial charge in [0.05, 0.1) is 0 Å². The Labute approximate surface area is 137 Å². The van der Waals surface area contributed by atoms with Gasteiger partial charge < -0.3 is 13.4 Å². The van der Waals surface area contributed by atoms with Crippen LogP contribution in [0.25, 0.3) is 34.6 Å². The first kappa shape index (κ1) is 14.4. The van der Waals surface area contributed by atoms with Gasteiger partial charge in [0.25, 0.3) is 5.89 Å². The molecule has 0 N–H and O–H groups in total. The fourth-order valence-corrected chi connectivity index (χ4v) is 2.38. The lowest BCUT2D eigenvalue weighted by atomic mass is 10.2. The Balaban J connectivity index is 1.61. The van der Waals surface area contributed by atoms with E-state index in [9.17, 15) is 0 Å². The summed E-state index contributed by atoms with van der Waals surface area (Å²) in [5.74, 6) is 3.23. The van der Waals surface area contributed by atoms with Crippen molar-refractivity contribution in [1.82, 2.24) is 15.1 Å². The minimum Gasteiger partial charge on any atom is -0.462 e. The summed E-state index contributed by atoms with van der Waals surface area (Å²) in [7, 11) is 0. The van der Waals surface area contributed by atoms with Gasteiger partial charge in [0, 0.05) is 18.1 Å². The van der Waals surface area contributed by atoms with Crippen LogP contribution in [-0.2, 0) is 6.42 Å². The van der Waals surface area contributed by atoms with Crippen molar-refractivity contribution < 1.29 is 13.4 Å². The summed E-state index contributed by atoms with van der Waals surface area (Å²) >= 11 is 0. The number of nitrogens with zero attached hydrogens (tertiary/aromatic N) is 3. The highest BCUT2D eigenvalue weighted by Gasteiger charge is 2.10. The number of rotatable bonds is 4. The number of aryl methyl sites for hydroxylation is 2. The maximum atomic E-state index is 5.61. The number of fused-ring (bicyclic) bond motifs is 1. The lowest BCUT2D eigenvalue weighted by Crippen LogP contribution is -1.81. The fourth-order valence-electron chi connectivity index (χ4n) is 2.38. The molecule has 0 fully saturated rings. The van der Waals surface area contributed by atoms with Gasteiger partial charge in [-0.2, -0.15) is 4.98 Å². The Kier molecular flexibility index (Phi) is 3.49. The van der Waals surface area contributed by atoms with Crippen LogP contribution < -0.4 is 0 Å². The zero-order chi connectivity index (χ0) is 16.5. The van der Waals surface area contributed by atoms with Gasteiger partial charge in [0.2, 0.25) is 5.82 Å². The van der Waals surface area contributed by atoms with Gasteiger partial charge in [-0.1, -0.05) is 12.1 Å². The van der Waals surface area contributed by atoms with Crippen molar-refractivity contribution in [1.29, 1.82) is 0 Å². The van der Waals surface area contributed by atoms with Gasteiger partial charge in [0.15, 0.2) is 11.5 Å². The molecule has 0 aliphatic heterocycles. The predicted octanol–water partition coefficient (Wildman–Crippen LogP) is 4.51. The number of benzene rings is 1. The third-order valence-electron chi connectivity index (χ3n) is 3.59. The standard InChI is InChI=1S/C18H15N3O3/c1-3-16-19-14-10-12(5-8-15(14)23-16)18-20-17(24-21-18)9-7-13-6-4-11(2)22-13/h4-10H,3H2,1-2H3. The number of hydrogen-bond donors (Lipinski definition) is 0. The van der Waals surface area contributed by atoms with E-state index < -0.39 is 0 Å². The summed E-state index contributed by atoms with van der Waals surface area (Å²) in [6.45, 7) is 3.90. The Hall–Kier alpha value is -3.15. The van der Waals surface area contributed by atoms with Crippen LogP contribution in [0.4, 0.5) is 0 Å². The number of oxazole rings is 1. The number of furan rings is 1. The number of hydrogen-bond acceptors (Lipinski definition) is 6. The molecule has 1 aromatic carbocycles. The smallest absolute Gasteiger partial charge is 0.251 e. The lowest BCUT2D eigenvalue weighted by molar-refractivity contribution is 0.411. The van der Waals surface area contributed by atoms with E-state index in [4.69, 9.17) is 13.4 Å². The molecule has 0 spiro atoms. The molecule has 3 aromatic heterocycles. The van der Waals surface area contributed by atoms with E-state index in [0.29, 0.717) is 17.6 Å². The first-order valence-electron chi connectivity index (χ1n) is 7.69. The first-order valence-corrected chi connectivity index (χ1v) is 7.69. The van der Waals surface area contributed by atoms with Gasteiger partial charge in [0.1, 0.15) is 17.0 Å². The molecule has 4 rings (SSSR count). The van der Waals surface area contributed by atoms with E-state index in [2.05, 4.69) is 15.1 Å². The first-order chi connectivity index (χ1) is 11.7. The van der Waals surface area contributed by atoms with Crippen molar-refractivity contribution in [2.24, 2.45) is 0 Å². The van der Waals surface area contributed by atoms with E-state index in [1.807, 2.05) is 44.2 Å². The van der Waals surface area contributed by atoms with Crippen molar-refractivity contribution >= 4 is 23.3 Å². The molecule has 0 unspecified atom stereocenters. The average Bonchev–Trinajstić information content (AvgIpc) is 3.31. The van der Waals surface area contributed by atoms with Gasteiger partial charge in [-0.05, 0) is 43.3 Å². The third-order valence-corrected chi connectivity index (χ3v) is 3.59. The van der Waals surface area contributed by atoms with Crippen molar-refractivity contribution in [2.75, 3.05) is 0 Å². The second-order valence-electron chi connectivity index (χ2n) is 5.38. The molecule has 0 aliphatic rings. The van der Waals surface area contributed by atoms with Crippen molar-refractivity contribution in [3.05, 3.63) is 53.6 Å². The van der Waals surface area contributed by atoms with Gasteiger partial charge >= 0.3 is 0 Å². The fraction of sp³-hybridized carbons (Fsp3) is 0.167. The zero-order valence-corrected chi connectivity index (χ0v) is 13.3. The Morgan fingerprint density at radius 1 is 1.04 bits per heavy atom. The quantitative estimate of drug-likeness (QED) is 0.550. The maximum absolute atomic E-state index is 5.61. The Morgan fingerprint density at radius 2 is 1.96 bits per heavy atom. The molecule has 120 valence electrons. The second-order valence-corrected chi connectivity index (χ2v) is 5.38. The van der Waals surface area contributed by atoms with Crippen LogP contribution in [0.5, 0.6) is 0 Å². The highest BCUT2D eigenvalue weighted by Crippen LogP contribution is 2.23. The molecule has 4 aromatic rings. The van der Waals surface area contributed by atoms with Crippen LogP contribution >= 0.6 is 0 Å². The van der Waals surface area contributed by atoms with E-state index >= 15 is 0 Å². The summed E-state index contributed by atoms with van der Waals surface area (Å²) in [4.78, 5) is 8.79. The van der Waals surface area contributed by atoms with Crippen LogP contribution in [0.15, 0.2) is 43.7 Å². The predicted molar refractivity (Wildman–Crippen MR) is 89.1 cm³/mol. The van der Waals surface area contributed by atoms with E-state index in [1.165, 1.54) is 0 Å². The molecule has 6 nitrogen and oxygen atoms in total. The lowest BCUT2D eigenvalue weighted by Gasteiger charge is -1.92. The molecule has 6 heteroatoms. The summed E-state index contributed by atoms with van der Waals surface area (Å²) in [5, 5.41) is 4.01. The maximum Gasteiger partial charge on any atom is 0.251 e. The molecular weight excluding hydrogens is 306 g/mol. The summed E-state index contributed by atoms with van der Waals surface area (Å²) in [6.07, 6.45) is 4.27. The van der Waals surface area contributed by atoms with E-state index in [-0.39, 0.29) is 0 Å². The average molecular weight is 321 g/mol. The van der Waals surface area contributed by atoms with Crippen LogP contribution in [-0.4, -0.2) is 15.1 Å². The molecule has 0 bridgehead atoms. The third kappa shape index (κ3) is 2.74. The van der Waals surface area contributed by atoms with Crippen molar-refractivity contribution in [3.63, 3.8) is 0 Å². The van der Waals surface area contributed by atoms with Crippen LogP contribution in [0.1, 0.15) is 30.2 Å². The Bertz CT molecular complexity index is 1020. The van der Waals surface area contributed by atoms with Gasteiger partial charge in [-0.25, -0.2) is 4.98 Å². The molecular formula is C18H15N3O3. The topological polar surface area (TPSA) is 78.1 Å². The van der Waals surface area contributed by atoms with Crippen molar-refractivity contribution in [3.8, 4) is 11.4 Å². The summed E-state index contributed by atoms with van der Waals surface area (Å²) < 4.78 is 16.3. The molecule has 0 saturated carbocycles. The second kappa shape index (κ2) is 5.81. The van der Waals surface area contributed by atoms with E-state index in [0.717, 1.165) is 34.6 Å². The normalized spacial score (nSPS) is 11.8. The monoisotopic (exact) mass is 321 g/mol. The number of aromatic nitrogens is 3. The molecule has 3 heterocycles. The Morgan fingerprint density at radius 3 is 2.75 bits per heavy atom. The van der Waals surface area contributed by atoms with E-state index in [1.54, 1.807) is 12.2 Å². The highest BCUT2D eigenvalue weighted by atomic mass is 16.5. The summed E-state index contributed by atoms with van der Waals surface area (Å²) in [5.41, 5.74) is 2.38. The highest BCUT2D eigenvalue weighted by molar-refractivity contribution is 5.78. The SMILES string of the molecule is CCc1nc2cc(-c3noc(C=Cc4ccc(C)o4)n3)ccc2o1. The van der Waals surface area contributed by atoms with Crippen LogP contribution in [0.3, 0.4) is 0 Å². The molecule has 24 heavy (non-hydrogen) atoms. The minimum absolute atomic E-state index is 0.411. The molecule has 0 aliphatic carbocycles. The van der Waals surface area contributed by atoms with Crippen molar-refractivity contribution in [2.45, 2.75) is 20.3 Å².